The fraction of sp³-hybridized carbons (Fsp3) is 0.259. The predicted molar refractivity (Wildman–Crippen MR) is 138 cm³/mol. The van der Waals surface area contributed by atoms with Crippen LogP contribution in [0.5, 0.6) is 23.0 Å². The Morgan fingerprint density at radius 1 is 0.833 bits per heavy atom. The van der Waals surface area contributed by atoms with E-state index >= 15 is 0 Å². The molecule has 0 aliphatic carbocycles. The molecule has 3 aromatic rings. The predicted octanol–water partition coefficient (Wildman–Crippen LogP) is 4.92. The van der Waals surface area contributed by atoms with Crippen LogP contribution in [-0.2, 0) is 0 Å². The van der Waals surface area contributed by atoms with Gasteiger partial charge in [-0.05, 0) is 73.8 Å². The zero-order valence-corrected chi connectivity index (χ0v) is 20.4. The highest BCUT2D eigenvalue weighted by Gasteiger charge is 2.14. The van der Waals surface area contributed by atoms with Gasteiger partial charge in [-0.3, -0.25) is 4.79 Å². The highest BCUT2D eigenvalue weighted by atomic mass is 16.7. The maximum absolute atomic E-state index is 12.4. The van der Waals surface area contributed by atoms with Crippen LogP contribution in [0, 0.1) is 0 Å². The third-order valence-corrected chi connectivity index (χ3v) is 5.70. The molecular weight excluding hydrogens is 460 g/mol. The SMILES string of the molecule is CCN(CC)CCNC(=O)c1ccc(NC(=O)Nc2ccc(Oc3ccc4c(c3)OCO4)cc2)cc1. The first kappa shape index (κ1) is 24.9. The molecule has 3 amide bonds. The number of carbonyl (C=O) groups is 2. The van der Waals surface area contributed by atoms with Crippen LogP contribution >= 0.6 is 0 Å². The first-order chi connectivity index (χ1) is 17.5. The molecule has 36 heavy (non-hydrogen) atoms. The van der Waals surface area contributed by atoms with Crippen molar-refractivity contribution in [2.45, 2.75) is 13.8 Å². The Hall–Kier alpha value is -4.24. The van der Waals surface area contributed by atoms with Gasteiger partial charge in [-0.15, -0.1) is 0 Å². The monoisotopic (exact) mass is 490 g/mol. The van der Waals surface area contributed by atoms with Crippen molar-refractivity contribution in [1.82, 2.24) is 10.2 Å². The van der Waals surface area contributed by atoms with Crippen molar-refractivity contribution in [2.75, 3.05) is 43.6 Å². The lowest BCUT2D eigenvalue weighted by molar-refractivity contribution is 0.0949. The number of hydrogen-bond donors (Lipinski definition) is 3. The van der Waals surface area contributed by atoms with Crippen molar-refractivity contribution in [2.24, 2.45) is 0 Å². The number of carbonyl (C=O) groups excluding carboxylic acids is 2. The van der Waals surface area contributed by atoms with E-state index in [4.69, 9.17) is 14.2 Å². The molecule has 3 N–H and O–H groups in total. The van der Waals surface area contributed by atoms with Gasteiger partial charge >= 0.3 is 6.03 Å². The maximum Gasteiger partial charge on any atom is 0.323 e. The molecule has 0 bridgehead atoms. The zero-order chi connectivity index (χ0) is 25.3. The van der Waals surface area contributed by atoms with E-state index in [9.17, 15) is 9.59 Å². The molecular formula is C27H30N4O5. The summed E-state index contributed by atoms with van der Waals surface area (Å²) in [5.74, 6) is 2.44. The van der Waals surface area contributed by atoms with Crippen LogP contribution in [0.15, 0.2) is 66.7 Å². The number of anilines is 2. The molecule has 188 valence electrons. The number of nitrogens with zero attached hydrogens (tertiary/aromatic N) is 1. The van der Waals surface area contributed by atoms with Crippen LogP contribution < -0.4 is 30.2 Å². The van der Waals surface area contributed by atoms with Crippen molar-refractivity contribution >= 4 is 23.3 Å². The third-order valence-electron chi connectivity index (χ3n) is 5.70. The van der Waals surface area contributed by atoms with E-state index in [0.717, 1.165) is 19.6 Å². The Balaban J connectivity index is 1.24. The lowest BCUT2D eigenvalue weighted by atomic mass is 10.2. The van der Waals surface area contributed by atoms with Gasteiger partial charge in [-0.25, -0.2) is 4.79 Å². The molecule has 9 heteroatoms. The minimum absolute atomic E-state index is 0.138. The second kappa shape index (κ2) is 11.9. The molecule has 0 radical (unpaired) electrons. The Morgan fingerprint density at radius 3 is 2.11 bits per heavy atom. The van der Waals surface area contributed by atoms with E-state index in [1.54, 1.807) is 66.7 Å². The average molecular weight is 491 g/mol. The van der Waals surface area contributed by atoms with E-state index in [1.165, 1.54) is 0 Å². The van der Waals surface area contributed by atoms with E-state index in [2.05, 4.69) is 34.7 Å². The van der Waals surface area contributed by atoms with E-state index in [-0.39, 0.29) is 12.7 Å². The highest BCUT2D eigenvalue weighted by molar-refractivity contribution is 6.00. The minimum atomic E-state index is -0.393. The van der Waals surface area contributed by atoms with E-state index in [1.807, 2.05) is 0 Å². The number of ether oxygens (including phenoxy) is 3. The number of likely N-dealkylation sites (N-methyl/N-ethyl adjacent to an activating group) is 1. The van der Waals surface area contributed by atoms with E-state index in [0.29, 0.717) is 46.5 Å². The van der Waals surface area contributed by atoms with Crippen molar-refractivity contribution in [3.05, 3.63) is 72.3 Å². The first-order valence-corrected chi connectivity index (χ1v) is 11.9. The Morgan fingerprint density at radius 2 is 1.44 bits per heavy atom. The third kappa shape index (κ3) is 6.67. The normalized spacial score (nSPS) is 11.8. The lowest BCUT2D eigenvalue weighted by Crippen LogP contribution is -2.34. The summed E-state index contributed by atoms with van der Waals surface area (Å²) in [5.41, 5.74) is 1.73. The van der Waals surface area contributed by atoms with Crippen LogP contribution in [-0.4, -0.2) is 49.8 Å². The molecule has 1 heterocycles. The number of amides is 3. The fourth-order valence-electron chi connectivity index (χ4n) is 3.65. The van der Waals surface area contributed by atoms with Crippen LogP contribution in [0.1, 0.15) is 24.2 Å². The second-order valence-corrected chi connectivity index (χ2v) is 8.08. The number of nitrogens with one attached hydrogen (secondary N) is 3. The number of hydrogen-bond acceptors (Lipinski definition) is 6. The van der Waals surface area contributed by atoms with Gasteiger partial charge in [0.15, 0.2) is 11.5 Å². The van der Waals surface area contributed by atoms with Gasteiger partial charge in [0.2, 0.25) is 6.79 Å². The van der Waals surface area contributed by atoms with Crippen LogP contribution in [0.4, 0.5) is 16.2 Å². The van der Waals surface area contributed by atoms with Crippen molar-refractivity contribution in [1.29, 1.82) is 0 Å². The van der Waals surface area contributed by atoms with Crippen LogP contribution in [0.25, 0.3) is 0 Å². The summed E-state index contributed by atoms with van der Waals surface area (Å²) in [6, 6.07) is 18.7. The first-order valence-electron chi connectivity index (χ1n) is 11.9. The van der Waals surface area contributed by atoms with Crippen LogP contribution in [0.3, 0.4) is 0 Å². The molecule has 0 fully saturated rings. The molecule has 0 aromatic heterocycles. The van der Waals surface area contributed by atoms with Gasteiger partial charge < -0.3 is 35.1 Å². The molecule has 1 aliphatic heterocycles. The largest absolute Gasteiger partial charge is 0.457 e. The number of rotatable bonds is 10. The summed E-state index contributed by atoms with van der Waals surface area (Å²) in [6.07, 6.45) is 0. The number of urea groups is 1. The van der Waals surface area contributed by atoms with Crippen molar-refractivity contribution in [3.8, 4) is 23.0 Å². The molecule has 0 atom stereocenters. The standard InChI is InChI=1S/C27H30N4O5/c1-3-31(4-2)16-15-28-26(32)19-5-7-20(8-6-19)29-27(33)30-21-9-11-22(12-10-21)36-23-13-14-24-25(17-23)35-18-34-24/h5-14,17H,3-4,15-16,18H2,1-2H3,(H,28,32)(H2,29,30,33). The van der Waals surface area contributed by atoms with Gasteiger partial charge in [-0.2, -0.15) is 0 Å². The van der Waals surface area contributed by atoms with Crippen LogP contribution in [0.2, 0.25) is 0 Å². The fourth-order valence-corrected chi connectivity index (χ4v) is 3.65. The molecule has 4 rings (SSSR count). The summed E-state index contributed by atoms with van der Waals surface area (Å²) in [5, 5.41) is 8.46. The Bertz CT molecular complexity index is 1180. The quantitative estimate of drug-likeness (QED) is 0.373. The van der Waals surface area contributed by atoms with Crippen molar-refractivity contribution in [3.63, 3.8) is 0 Å². The number of fused-ring (bicyclic) bond motifs is 1. The van der Waals surface area contributed by atoms with E-state index < -0.39 is 6.03 Å². The smallest absolute Gasteiger partial charge is 0.323 e. The highest BCUT2D eigenvalue weighted by Crippen LogP contribution is 2.36. The summed E-state index contributed by atoms with van der Waals surface area (Å²) in [7, 11) is 0. The molecule has 0 saturated heterocycles. The Labute approximate surface area is 210 Å². The van der Waals surface area contributed by atoms with Gasteiger partial charge in [-0.1, -0.05) is 13.8 Å². The van der Waals surface area contributed by atoms with Gasteiger partial charge in [0, 0.05) is 36.1 Å². The van der Waals surface area contributed by atoms with Gasteiger partial charge in [0.05, 0.1) is 0 Å². The Kier molecular flexibility index (Phi) is 8.25. The lowest BCUT2D eigenvalue weighted by Gasteiger charge is -2.18. The van der Waals surface area contributed by atoms with Crippen molar-refractivity contribution < 1.29 is 23.8 Å². The maximum atomic E-state index is 12.4. The molecule has 0 saturated carbocycles. The zero-order valence-electron chi connectivity index (χ0n) is 20.4. The molecule has 0 spiro atoms. The van der Waals surface area contributed by atoms with Gasteiger partial charge in [0.25, 0.3) is 5.91 Å². The van der Waals surface area contributed by atoms with Gasteiger partial charge in [0.1, 0.15) is 11.5 Å². The minimum Gasteiger partial charge on any atom is -0.457 e. The summed E-state index contributed by atoms with van der Waals surface area (Å²) in [4.78, 5) is 26.9. The number of benzene rings is 3. The molecule has 0 unspecified atom stereocenters. The summed E-state index contributed by atoms with van der Waals surface area (Å²) >= 11 is 0. The average Bonchev–Trinajstić information content (AvgIpc) is 3.36. The molecule has 9 nitrogen and oxygen atoms in total. The second-order valence-electron chi connectivity index (χ2n) is 8.08. The summed E-state index contributed by atoms with van der Waals surface area (Å²) in [6.45, 7) is 7.70. The molecule has 3 aromatic carbocycles. The summed E-state index contributed by atoms with van der Waals surface area (Å²) < 4.78 is 16.5. The topological polar surface area (TPSA) is 101 Å². The molecule has 1 aliphatic rings.